The highest BCUT2D eigenvalue weighted by molar-refractivity contribution is 6.03. The Hall–Kier alpha value is -2.40. The second-order valence-corrected chi connectivity index (χ2v) is 4.04. The zero-order valence-corrected chi connectivity index (χ0v) is 10.7. The third kappa shape index (κ3) is 3.08. The second-order valence-electron chi connectivity index (χ2n) is 4.04. The van der Waals surface area contributed by atoms with Gasteiger partial charge >= 0.3 is 0 Å². The lowest BCUT2D eigenvalue weighted by Crippen LogP contribution is -2.15. The van der Waals surface area contributed by atoms with E-state index in [9.17, 15) is 4.79 Å². The molecule has 0 radical (unpaired) electrons. The van der Waals surface area contributed by atoms with Crippen molar-refractivity contribution in [3.05, 3.63) is 53.9 Å². The Morgan fingerprint density at radius 1 is 1.26 bits per heavy atom. The van der Waals surface area contributed by atoms with E-state index in [4.69, 9.17) is 5.84 Å². The maximum Gasteiger partial charge on any atom is 0.274 e. The van der Waals surface area contributed by atoms with Crippen LogP contribution in [-0.2, 0) is 6.42 Å². The molecule has 4 N–H and O–H groups in total. The molecule has 0 aliphatic rings. The number of carbonyl (C=O) groups is 1. The van der Waals surface area contributed by atoms with E-state index in [1.54, 1.807) is 12.1 Å². The van der Waals surface area contributed by atoms with Gasteiger partial charge in [-0.3, -0.25) is 10.6 Å². The van der Waals surface area contributed by atoms with E-state index >= 15 is 0 Å². The van der Waals surface area contributed by atoms with Crippen molar-refractivity contribution in [1.29, 1.82) is 0 Å². The van der Waals surface area contributed by atoms with Crippen LogP contribution in [0.4, 0.5) is 11.4 Å². The fraction of sp³-hybridized carbons (Fsp3) is 0.143. The molecule has 0 bridgehead atoms. The highest BCUT2D eigenvalue weighted by atomic mass is 16.1. The number of aromatic nitrogens is 1. The lowest BCUT2D eigenvalue weighted by molar-refractivity contribution is 0.102. The largest absolute Gasteiger partial charge is 0.323 e. The molecule has 2 rings (SSSR count). The zero-order valence-electron chi connectivity index (χ0n) is 10.7. The number of aryl methyl sites for hydroxylation is 1. The van der Waals surface area contributed by atoms with Crippen molar-refractivity contribution in [2.75, 3.05) is 10.7 Å². The summed E-state index contributed by atoms with van der Waals surface area (Å²) >= 11 is 0. The van der Waals surface area contributed by atoms with E-state index in [0.29, 0.717) is 11.4 Å². The van der Waals surface area contributed by atoms with Crippen LogP contribution >= 0.6 is 0 Å². The number of pyridine rings is 1. The van der Waals surface area contributed by atoms with Gasteiger partial charge in [0.2, 0.25) is 0 Å². The van der Waals surface area contributed by atoms with Gasteiger partial charge in [-0.05, 0) is 30.2 Å². The summed E-state index contributed by atoms with van der Waals surface area (Å²) in [6, 6.07) is 11.0. The number of amides is 1. The molecule has 98 valence electrons. The number of carbonyl (C=O) groups excluding carboxylic acids is 1. The summed E-state index contributed by atoms with van der Waals surface area (Å²) in [7, 11) is 0. The van der Waals surface area contributed by atoms with Gasteiger partial charge in [0.1, 0.15) is 5.69 Å². The molecule has 1 heterocycles. The number of para-hydroxylation sites is 1. The maximum absolute atomic E-state index is 12.1. The predicted molar refractivity (Wildman–Crippen MR) is 75.8 cm³/mol. The van der Waals surface area contributed by atoms with Crippen molar-refractivity contribution >= 4 is 17.3 Å². The van der Waals surface area contributed by atoms with Crippen molar-refractivity contribution < 1.29 is 4.79 Å². The van der Waals surface area contributed by atoms with Crippen LogP contribution in [0.5, 0.6) is 0 Å². The number of hydrogen-bond acceptors (Lipinski definition) is 4. The fourth-order valence-electron chi connectivity index (χ4n) is 1.75. The average Bonchev–Trinajstić information content (AvgIpc) is 2.48. The monoisotopic (exact) mass is 256 g/mol. The molecule has 19 heavy (non-hydrogen) atoms. The standard InChI is InChI=1S/C14H16N4O/c1-2-10-5-3-4-6-12(10)17-14(19)13-8-7-11(18-15)9-16-13/h3-9,18H,2,15H2,1H3,(H,17,19). The first kappa shape index (κ1) is 13.0. The molecule has 0 fully saturated rings. The van der Waals surface area contributed by atoms with E-state index < -0.39 is 0 Å². The van der Waals surface area contributed by atoms with Crippen LogP contribution in [0.2, 0.25) is 0 Å². The number of nitrogens with two attached hydrogens (primary N) is 1. The topological polar surface area (TPSA) is 80.0 Å². The van der Waals surface area contributed by atoms with Gasteiger partial charge in [-0.1, -0.05) is 25.1 Å². The molecule has 5 heteroatoms. The first-order chi connectivity index (χ1) is 9.24. The number of rotatable bonds is 4. The second kappa shape index (κ2) is 5.97. The van der Waals surface area contributed by atoms with Gasteiger partial charge in [0.05, 0.1) is 11.9 Å². The highest BCUT2D eigenvalue weighted by Gasteiger charge is 2.09. The average molecular weight is 256 g/mol. The van der Waals surface area contributed by atoms with Gasteiger partial charge in [0.15, 0.2) is 0 Å². The van der Waals surface area contributed by atoms with Crippen LogP contribution in [0, 0.1) is 0 Å². The molecule has 2 aromatic rings. The third-order valence-electron chi connectivity index (χ3n) is 2.81. The van der Waals surface area contributed by atoms with E-state index in [1.165, 1.54) is 6.20 Å². The Labute approximate surface area is 111 Å². The molecule has 0 aliphatic heterocycles. The summed E-state index contributed by atoms with van der Waals surface area (Å²) in [5.74, 6) is 5.01. The Bertz CT molecular complexity index is 566. The molecule has 0 saturated carbocycles. The molecule has 0 spiro atoms. The van der Waals surface area contributed by atoms with Gasteiger partial charge in [0, 0.05) is 5.69 Å². The van der Waals surface area contributed by atoms with Crippen molar-refractivity contribution in [3.8, 4) is 0 Å². The van der Waals surface area contributed by atoms with Gasteiger partial charge in [-0.25, -0.2) is 4.98 Å². The number of nitrogen functional groups attached to an aromatic ring is 1. The van der Waals surface area contributed by atoms with E-state index in [0.717, 1.165) is 17.7 Å². The SMILES string of the molecule is CCc1ccccc1NC(=O)c1ccc(NN)cn1. The number of hydrogen-bond donors (Lipinski definition) is 3. The summed E-state index contributed by atoms with van der Waals surface area (Å²) in [5.41, 5.74) is 5.39. The lowest BCUT2D eigenvalue weighted by Gasteiger charge is -2.09. The summed E-state index contributed by atoms with van der Waals surface area (Å²) in [4.78, 5) is 16.1. The number of nitrogens with one attached hydrogen (secondary N) is 2. The van der Waals surface area contributed by atoms with E-state index in [-0.39, 0.29) is 5.91 Å². The quantitative estimate of drug-likeness (QED) is 0.578. The number of benzene rings is 1. The fourth-order valence-corrected chi connectivity index (χ4v) is 1.75. The highest BCUT2D eigenvalue weighted by Crippen LogP contribution is 2.16. The minimum atomic E-state index is -0.232. The Balaban J connectivity index is 2.16. The molecule has 1 aromatic heterocycles. The van der Waals surface area contributed by atoms with Gasteiger partial charge in [-0.15, -0.1) is 0 Å². The summed E-state index contributed by atoms with van der Waals surface area (Å²) in [5, 5.41) is 2.86. The molecule has 1 amide bonds. The van der Waals surface area contributed by atoms with Crippen molar-refractivity contribution in [2.24, 2.45) is 5.84 Å². The van der Waals surface area contributed by atoms with Crippen LogP contribution < -0.4 is 16.6 Å². The van der Waals surface area contributed by atoms with E-state index in [2.05, 4.69) is 15.7 Å². The molecule has 1 aromatic carbocycles. The van der Waals surface area contributed by atoms with Crippen LogP contribution in [0.1, 0.15) is 23.0 Å². The Morgan fingerprint density at radius 2 is 2.05 bits per heavy atom. The minimum Gasteiger partial charge on any atom is -0.323 e. The van der Waals surface area contributed by atoms with Crippen LogP contribution in [-0.4, -0.2) is 10.9 Å². The van der Waals surface area contributed by atoms with Crippen molar-refractivity contribution in [1.82, 2.24) is 4.98 Å². The van der Waals surface area contributed by atoms with Crippen molar-refractivity contribution in [3.63, 3.8) is 0 Å². The maximum atomic E-state index is 12.1. The van der Waals surface area contributed by atoms with Crippen LogP contribution in [0.25, 0.3) is 0 Å². The summed E-state index contributed by atoms with van der Waals surface area (Å²) in [6.07, 6.45) is 2.38. The Morgan fingerprint density at radius 3 is 2.68 bits per heavy atom. The van der Waals surface area contributed by atoms with Crippen LogP contribution in [0.3, 0.4) is 0 Å². The normalized spacial score (nSPS) is 10.0. The molecule has 0 saturated heterocycles. The number of hydrazine groups is 1. The first-order valence-electron chi connectivity index (χ1n) is 6.06. The van der Waals surface area contributed by atoms with Gasteiger partial charge in [0.25, 0.3) is 5.91 Å². The molecular weight excluding hydrogens is 240 g/mol. The summed E-state index contributed by atoms with van der Waals surface area (Å²) < 4.78 is 0. The minimum absolute atomic E-state index is 0.232. The Kier molecular flexibility index (Phi) is 4.10. The van der Waals surface area contributed by atoms with Crippen molar-refractivity contribution in [2.45, 2.75) is 13.3 Å². The first-order valence-corrected chi connectivity index (χ1v) is 6.06. The van der Waals surface area contributed by atoms with Gasteiger partial charge < -0.3 is 10.7 Å². The molecule has 0 atom stereocenters. The molecule has 0 unspecified atom stereocenters. The van der Waals surface area contributed by atoms with E-state index in [1.807, 2.05) is 31.2 Å². The number of anilines is 2. The van der Waals surface area contributed by atoms with Crippen LogP contribution in [0.15, 0.2) is 42.6 Å². The smallest absolute Gasteiger partial charge is 0.274 e. The predicted octanol–water partition coefficient (Wildman–Crippen LogP) is 2.18. The third-order valence-corrected chi connectivity index (χ3v) is 2.81. The lowest BCUT2D eigenvalue weighted by atomic mass is 10.1. The van der Waals surface area contributed by atoms with Gasteiger partial charge in [-0.2, -0.15) is 0 Å². The summed E-state index contributed by atoms with van der Waals surface area (Å²) in [6.45, 7) is 2.05. The zero-order chi connectivity index (χ0) is 13.7. The number of nitrogens with zero attached hydrogens (tertiary/aromatic N) is 1. The molecule has 5 nitrogen and oxygen atoms in total. The molecule has 0 aliphatic carbocycles. The molecular formula is C14H16N4O.